The quantitative estimate of drug-likeness (QED) is 0.842. The SMILES string of the molecule is CCn1cncc1CN1CCCC(CCN)C1. The predicted molar refractivity (Wildman–Crippen MR) is 69.6 cm³/mol. The molecule has 0 spiro atoms. The summed E-state index contributed by atoms with van der Waals surface area (Å²) < 4.78 is 2.23. The van der Waals surface area contributed by atoms with Crippen LogP contribution < -0.4 is 5.73 Å². The van der Waals surface area contributed by atoms with Gasteiger partial charge >= 0.3 is 0 Å². The first-order chi connectivity index (χ1) is 8.33. The van der Waals surface area contributed by atoms with Crippen molar-refractivity contribution in [1.82, 2.24) is 14.5 Å². The minimum absolute atomic E-state index is 0.798. The molecule has 1 saturated heterocycles. The summed E-state index contributed by atoms with van der Waals surface area (Å²) in [5, 5.41) is 0. The zero-order chi connectivity index (χ0) is 12.1. The molecule has 2 N–H and O–H groups in total. The number of hydrogen-bond acceptors (Lipinski definition) is 3. The van der Waals surface area contributed by atoms with Crippen LogP contribution in [0, 0.1) is 5.92 Å². The van der Waals surface area contributed by atoms with Gasteiger partial charge in [-0.25, -0.2) is 4.98 Å². The minimum atomic E-state index is 0.798. The van der Waals surface area contributed by atoms with E-state index in [1.165, 1.54) is 38.0 Å². The maximum absolute atomic E-state index is 5.65. The lowest BCUT2D eigenvalue weighted by Gasteiger charge is -2.32. The largest absolute Gasteiger partial charge is 0.334 e. The number of hydrogen-bond donors (Lipinski definition) is 1. The highest BCUT2D eigenvalue weighted by Gasteiger charge is 2.19. The second kappa shape index (κ2) is 6.17. The molecule has 1 aliphatic heterocycles. The first-order valence-electron chi connectivity index (χ1n) is 6.75. The van der Waals surface area contributed by atoms with Crippen molar-refractivity contribution >= 4 is 0 Å². The number of rotatable bonds is 5. The number of imidazole rings is 1. The Morgan fingerprint density at radius 1 is 1.53 bits per heavy atom. The van der Waals surface area contributed by atoms with Gasteiger partial charge in [-0.15, -0.1) is 0 Å². The van der Waals surface area contributed by atoms with Gasteiger partial charge in [0, 0.05) is 25.8 Å². The van der Waals surface area contributed by atoms with Crippen molar-refractivity contribution in [2.75, 3.05) is 19.6 Å². The Morgan fingerprint density at radius 3 is 3.18 bits per heavy atom. The number of aromatic nitrogens is 2. The molecule has 0 radical (unpaired) electrons. The summed E-state index contributed by atoms with van der Waals surface area (Å²) in [7, 11) is 0. The standard InChI is InChI=1S/C13H24N4/c1-2-17-11-15-8-13(17)10-16-7-3-4-12(9-16)5-6-14/h8,11-12H,2-7,9-10,14H2,1H3. The van der Waals surface area contributed by atoms with Crippen LogP contribution in [0.2, 0.25) is 0 Å². The lowest BCUT2D eigenvalue weighted by atomic mass is 9.95. The number of nitrogens with zero attached hydrogens (tertiary/aromatic N) is 3. The highest BCUT2D eigenvalue weighted by Crippen LogP contribution is 2.20. The van der Waals surface area contributed by atoms with E-state index in [9.17, 15) is 0 Å². The fourth-order valence-electron chi connectivity index (χ4n) is 2.76. The Labute approximate surface area is 104 Å². The molecule has 4 heteroatoms. The van der Waals surface area contributed by atoms with Crippen molar-refractivity contribution in [2.24, 2.45) is 11.7 Å². The second-order valence-corrected chi connectivity index (χ2v) is 4.99. The first-order valence-corrected chi connectivity index (χ1v) is 6.75. The Morgan fingerprint density at radius 2 is 2.41 bits per heavy atom. The summed E-state index contributed by atoms with van der Waals surface area (Å²) in [6.07, 6.45) is 7.75. The third kappa shape index (κ3) is 3.30. The highest BCUT2D eigenvalue weighted by atomic mass is 15.2. The van der Waals surface area contributed by atoms with Crippen molar-refractivity contribution in [3.63, 3.8) is 0 Å². The molecule has 2 rings (SSSR count). The van der Waals surface area contributed by atoms with Gasteiger partial charge in [-0.05, 0) is 45.2 Å². The fraction of sp³-hybridized carbons (Fsp3) is 0.769. The summed E-state index contributed by atoms with van der Waals surface area (Å²) in [6, 6.07) is 0. The molecule has 1 unspecified atom stereocenters. The van der Waals surface area contributed by atoms with E-state index in [4.69, 9.17) is 5.73 Å². The van der Waals surface area contributed by atoms with Crippen molar-refractivity contribution in [2.45, 2.75) is 39.3 Å². The first kappa shape index (κ1) is 12.6. The lowest BCUT2D eigenvalue weighted by Crippen LogP contribution is -2.36. The topological polar surface area (TPSA) is 47.1 Å². The van der Waals surface area contributed by atoms with Crippen LogP contribution in [-0.4, -0.2) is 34.1 Å². The summed E-state index contributed by atoms with van der Waals surface area (Å²) >= 11 is 0. The van der Waals surface area contributed by atoms with E-state index in [0.29, 0.717) is 0 Å². The van der Waals surface area contributed by atoms with Crippen molar-refractivity contribution in [3.8, 4) is 0 Å². The Bertz CT molecular complexity index is 332. The van der Waals surface area contributed by atoms with Crippen LogP contribution in [-0.2, 0) is 13.1 Å². The molecule has 0 aromatic carbocycles. The monoisotopic (exact) mass is 236 g/mol. The fourth-order valence-corrected chi connectivity index (χ4v) is 2.76. The molecule has 0 saturated carbocycles. The smallest absolute Gasteiger partial charge is 0.0948 e. The molecule has 0 bridgehead atoms. The minimum Gasteiger partial charge on any atom is -0.334 e. The molecule has 96 valence electrons. The molecule has 17 heavy (non-hydrogen) atoms. The van der Waals surface area contributed by atoms with Crippen LogP contribution in [0.25, 0.3) is 0 Å². The Balaban J connectivity index is 1.90. The van der Waals surface area contributed by atoms with E-state index in [1.54, 1.807) is 0 Å². The maximum atomic E-state index is 5.65. The van der Waals surface area contributed by atoms with Gasteiger partial charge in [0.1, 0.15) is 0 Å². The van der Waals surface area contributed by atoms with Crippen LogP contribution in [0.1, 0.15) is 31.9 Å². The number of aryl methyl sites for hydroxylation is 1. The zero-order valence-electron chi connectivity index (χ0n) is 10.8. The third-order valence-electron chi connectivity index (χ3n) is 3.70. The van der Waals surface area contributed by atoms with Crippen molar-refractivity contribution in [3.05, 3.63) is 18.2 Å². The molecule has 1 fully saturated rings. The van der Waals surface area contributed by atoms with Gasteiger partial charge in [0.25, 0.3) is 0 Å². The second-order valence-electron chi connectivity index (χ2n) is 4.99. The normalized spacial score (nSPS) is 21.9. The predicted octanol–water partition coefficient (Wildman–Crippen LogP) is 1.46. The van der Waals surface area contributed by atoms with Crippen LogP contribution in [0.5, 0.6) is 0 Å². The molecular weight excluding hydrogens is 212 g/mol. The van der Waals surface area contributed by atoms with E-state index in [0.717, 1.165) is 25.6 Å². The van der Waals surface area contributed by atoms with Gasteiger partial charge < -0.3 is 10.3 Å². The average molecular weight is 236 g/mol. The van der Waals surface area contributed by atoms with Gasteiger partial charge in [0.05, 0.1) is 12.0 Å². The third-order valence-corrected chi connectivity index (χ3v) is 3.70. The van der Waals surface area contributed by atoms with Crippen molar-refractivity contribution < 1.29 is 0 Å². The van der Waals surface area contributed by atoms with E-state index >= 15 is 0 Å². The van der Waals surface area contributed by atoms with Gasteiger partial charge in [0.2, 0.25) is 0 Å². The van der Waals surface area contributed by atoms with Crippen LogP contribution in [0.15, 0.2) is 12.5 Å². The molecule has 0 aliphatic carbocycles. The molecular formula is C13H24N4. The molecule has 4 nitrogen and oxygen atoms in total. The molecule has 2 heterocycles. The molecule has 1 atom stereocenters. The van der Waals surface area contributed by atoms with E-state index < -0.39 is 0 Å². The maximum Gasteiger partial charge on any atom is 0.0948 e. The lowest BCUT2D eigenvalue weighted by molar-refractivity contribution is 0.160. The molecule has 1 aromatic rings. The molecule has 1 aliphatic rings. The zero-order valence-corrected chi connectivity index (χ0v) is 10.8. The van der Waals surface area contributed by atoms with Gasteiger partial charge in [0.15, 0.2) is 0 Å². The Hall–Kier alpha value is -0.870. The summed E-state index contributed by atoms with van der Waals surface area (Å²) in [4.78, 5) is 6.78. The summed E-state index contributed by atoms with van der Waals surface area (Å²) in [5.74, 6) is 0.798. The number of likely N-dealkylation sites (tertiary alicyclic amines) is 1. The summed E-state index contributed by atoms with van der Waals surface area (Å²) in [5.41, 5.74) is 6.99. The average Bonchev–Trinajstić information content (AvgIpc) is 2.77. The van der Waals surface area contributed by atoms with Crippen LogP contribution in [0.4, 0.5) is 0 Å². The van der Waals surface area contributed by atoms with E-state index in [2.05, 4.69) is 21.4 Å². The van der Waals surface area contributed by atoms with Gasteiger partial charge in [-0.2, -0.15) is 0 Å². The summed E-state index contributed by atoms with van der Waals surface area (Å²) in [6.45, 7) is 7.45. The number of piperidine rings is 1. The molecule has 0 amide bonds. The van der Waals surface area contributed by atoms with E-state index in [-0.39, 0.29) is 0 Å². The number of nitrogens with two attached hydrogens (primary N) is 1. The van der Waals surface area contributed by atoms with Crippen LogP contribution >= 0.6 is 0 Å². The highest BCUT2D eigenvalue weighted by molar-refractivity contribution is 4.98. The molecule has 1 aromatic heterocycles. The van der Waals surface area contributed by atoms with Gasteiger partial charge in [-0.1, -0.05) is 0 Å². The van der Waals surface area contributed by atoms with Crippen LogP contribution in [0.3, 0.4) is 0 Å². The van der Waals surface area contributed by atoms with Gasteiger partial charge in [-0.3, -0.25) is 4.90 Å². The van der Waals surface area contributed by atoms with E-state index in [1.807, 2.05) is 12.5 Å². The van der Waals surface area contributed by atoms with Crippen molar-refractivity contribution in [1.29, 1.82) is 0 Å². The Kier molecular flexibility index (Phi) is 4.57.